The molecule has 2 aromatic rings. The Morgan fingerprint density at radius 2 is 2.08 bits per heavy atom. The van der Waals surface area contributed by atoms with Crippen molar-refractivity contribution < 1.29 is 23.1 Å². The first-order chi connectivity index (χ1) is 11.3. The van der Waals surface area contributed by atoms with Crippen LogP contribution in [0.15, 0.2) is 23.2 Å². The highest BCUT2D eigenvalue weighted by molar-refractivity contribution is 7.91. The minimum atomic E-state index is -3.38. The topological polar surface area (TPSA) is 98.5 Å². The van der Waals surface area contributed by atoms with Gasteiger partial charge in [-0.3, -0.25) is 4.79 Å². The number of benzene rings is 1. The second-order valence-corrected chi connectivity index (χ2v) is 7.89. The van der Waals surface area contributed by atoms with Gasteiger partial charge in [0.25, 0.3) is 0 Å². The highest BCUT2D eigenvalue weighted by Gasteiger charge is 2.33. The maximum Gasteiger partial charge on any atom is 0.220 e. The van der Waals surface area contributed by atoms with Crippen LogP contribution in [-0.4, -0.2) is 42.0 Å². The first-order valence-electron chi connectivity index (χ1n) is 7.42. The van der Waals surface area contributed by atoms with Crippen LogP contribution in [0.2, 0.25) is 0 Å². The van der Waals surface area contributed by atoms with Gasteiger partial charge in [0, 0.05) is 25.3 Å². The van der Waals surface area contributed by atoms with Crippen molar-refractivity contribution in [1.82, 2.24) is 9.78 Å². The molecule has 8 heteroatoms. The lowest BCUT2D eigenvalue weighted by atomic mass is 9.93. The number of ether oxygens (including phenoxy) is 1. The minimum absolute atomic E-state index is 0.0225. The molecule has 24 heavy (non-hydrogen) atoms. The van der Waals surface area contributed by atoms with Gasteiger partial charge >= 0.3 is 0 Å². The van der Waals surface area contributed by atoms with E-state index in [2.05, 4.69) is 5.10 Å². The number of sulfone groups is 1. The van der Waals surface area contributed by atoms with E-state index in [0.717, 1.165) is 0 Å². The quantitative estimate of drug-likeness (QED) is 0.843. The first-order valence-corrected chi connectivity index (χ1v) is 9.08. The summed E-state index contributed by atoms with van der Waals surface area (Å²) in [6.07, 6.45) is 1.27. The van der Waals surface area contributed by atoms with Crippen molar-refractivity contribution in [2.75, 3.05) is 12.9 Å². The van der Waals surface area contributed by atoms with E-state index in [-0.39, 0.29) is 28.2 Å². The average Bonchev–Trinajstić information content (AvgIpc) is 2.87. The van der Waals surface area contributed by atoms with Gasteiger partial charge in [-0.2, -0.15) is 5.10 Å². The van der Waals surface area contributed by atoms with Gasteiger partial charge in [-0.15, -0.1) is 0 Å². The fourth-order valence-corrected chi connectivity index (χ4v) is 4.75. The summed E-state index contributed by atoms with van der Waals surface area (Å²) < 4.78 is 31.2. The number of aryl methyl sites for hydroxylation is 1. The number of rotatable bonds is 3. The summed E-state index contributed by atoms with van der Waals surface area (Å²) in [7, 11) is -0.328. The van der Waals surface area contributed by atoms with Crippen LogP contribution in [0.4, 0.5) is 0 Å². The number of aromatic hydroxyl groups is 1. The molecule has 1 N–H and O–H groups in total. The Balaban J connectivity index is 2.19. The molecule has 128 valence electrons. The Morgan fingerprint density at radius 1 is 1.38 bits per heavy atom. The van der Waals surface area contributed by atoms with E-state index < -0.39 is 15.6 Å². The number of carbonyl (C=O) groups is 1. The smallest absolute Gasteiger partial charge is 0.220 e. The van der Waals surface area contributed by atoms with Crippen molar-refractivity contribution in [2.45, 2.75) is 24.3 Å². The fraction of sp³-hybridized carbons (Fsp3) is 0.375. The lowest BCUT2D eigenvalue weighted by Gasteiger charge is -2.27. The predicted octanol–water partition coefficient (Wildman–Crippen LogP) is 1.53. The molecular formula is C16H18N2O5S. The molecule has 0 fully saturated rings. The van der Waals surface area contributed by atoms with Gasteiger partial charge in [-0.05, 0) is 31.0 Å². The third-order valence-electron chi connectivity index (χ3n) is 4.46. The zero-order valence-corrected chi connectivity index (χ0v) is 14.4. The Kier molecular flexibility index (Phi) is 3.97. The van der Waals surface area contributed by atoms with E-state index in [1.54, 1.807) is 6.92 Å². The van der Waals surface area contributed by atoms with E-state index in [1.165, 1.54) is 37.2 Å². The zero-order chi connectivity index (χ0) is 17.6. The summed E-state index contributed by atoms with van der Waals surface area (Å²) in [6.45, 7) is 1.70. The van der Waals surface area contributed by atoms with E-state index in [1.807, 2.05) is 0 Å². The molecule has 1 atom stereocenters. The molecule has 1 aromatic carbocycles. The molecule has 0 spiro atoms. The predicted molar refractivity (Wildman–Crippen MR) is 85.9 cm³/mol. The van der Waals surface area contributed by atoms with E-state index in [0.29, 0.717) is 23.1 Å². The van der Waals surface area contributed by atoms with Gasteiger partial charge < -0.3 is 9.84 Å². The highest BCUT2D eigenvalue weighted by Crippen LogP contribution is 2.38. The normalized spacial score (nSPS) is 19.0. The fourth-order valence-electron chi connectivity index (χ4n) is 3.11. The van der Waals surface area contributed by atoms with E-state index in [9.17, 15) is 18.3 Å². The van der Waals surface area contributed by atoms with E-state index in [4.69, 9.17) is 4.74 Å². The summed E-state index contributed by atoms with van der Waals surface area (Å²) >= 11 is 0. The molecule has 1 aliphatic rings. The lowest BCUT2D eigenvalue weighted by Crippen LogP contribution is -2.23. The van der Waals surface area contributed by atoms with Crippen LogP contribution >= 0.6 is 0 Å². The molecule has 0 saturated heterocycles. The molecular weight excluding hydrogens is 332 g/mol. The largest absolute Gasteiger partial charge is 0.493 e. The summed E-state index contributed by atoms with van der Waals surface area (Å²) in [5, 5.41) is 13.8. The zero-order valence-electron chi connectivity index (χ0n) is 13.6. The SMILES string of the molecule is COC1CCS(=O)(=O)c2ccc(C(=O)c3cnn(C)c3O)c(C)c21. The van der Waals surface area contributed by atoms with Gasteiger partial charge in [0.2, 0.25) is 5.88 Å². The van der Waals surface area contributed by atoms with Crippen molar-refractivity contribution in [3.05, 3.63) is 40.6 Å². The molecule has 1 aliphatic heterocycles. The maximum absolute atomic E-state index is 12.7. The number of fused-ring (bicyclic) bond motifs is 1. The van der Waals surface area contributed by atoms with Crippen LogP contribution < -0.4 is 0 Å². The van der Waals surface area contributed by atoms with Crippen LogP contribution in [0.1, 0.15) is 39.6 Å². The summed E-state index contributed by atoms with van der Waals surface area (Å²) in [4.78, 5) is 13.0. The number of hydrogen-bond acceptors (Lipinski definition) is 6. The third kappa shape index (κ3) is 2.42. The monoisotopic (exact) mass is 350 g/mol. The number of methoxy groups -OCH3 is 1. The Hall–Kier alpha value is -2.19. The Labute approximate surface area is 139 Å². The maximum atomic E-state index is 12.7. The van der Waals surface area contributed by atoms with Crippen LogP contribution in [-0.2, 0) is 21.6 Å². The second kappa shape index (κ2) is 5.71. The molecule has 1 unspecified atom stereocenters. The number of hydrogen-bond donors (Lipinski definition) is 1. The minimum Gasteiger partial charge on any atom is -0.493 e. The van der Waals surface area contributed by atoms with Crippen LogP contribution in [0, 0.1) is 6.92 Å². The number of ketones is 1. The van der Waals surface area contributed by atoms with Crippen LogP contribution in [0.3, 0.4) is 0 Å². The number of aromatic nitrogens is 2. The number of nitrogens with zero attached hydrogens (tertiary/aromatic N) is 2. The van der Waals surface area contributed by atoms with Crippen molar-refractivity contribution >= 4 is 15.6 Å². The molecule has 0 bridgehead atoms. The summed E-state index contributed by atoms with van der Waals surface area (Å²) in [5.41, 5.74) is 1.48. The molecule has 7 nitrogen and oxygen atoms in total. The first kappa shape index (κ1) is 16.7. The number of carbonyl (C=O) groups excluding carboxylic acids is 1. The molecule has 0 aliphatic carbocycles. The second-order valence-electron chi connectivity index (χ2n) is 5.82. The molecule has 2 heterocycles. The highest BCUT2D eigenvalue weighted by atomic mass is 32.2. The third-order valence-corrected chi connectivity index (χ3v) is 6.26. The van der Waals surface area contributed by atoms with Crippen molar-refractivity contribution in [3.63, 3.8) is 0 Å². The molecule has 1 aromatic heterocycles. The summed E-state index contributed by atoms with van der Waals surface area (Å²) in [6, 6.07) is 2.93. The average molecular weight is 350 g/mol. The lowest BCUT2D eigenvalue weighted by molar-refractivity contribution is 0.0952. The Bertz CT molecular complexity index is 930. The standard InChI is InChI=1S/C16H18N2O5S/c1-9-10(15(19)11-8-17-18(2)16(11)20)4-5-13-14(9)12(23-3)6-7-24(13,21)22/h4-5,8,12,20H,6-7H2,1-3H3. The van der Waals surface area contributed by atoms with Gasteiger partial charge in [0.15, 0.2) is 15.6 Å². The van der Waals surface area contributed by atoms with Crippen molar-refractivity contribution in [2.24, 2.45) is 7.05 Å². The van der Waals surface area contributed by atoms with Gasteiger partial charge in [0.1, 0.15) is 5.56 Å². The molecule has 0 radical (unpaired) electrons. The van der Waals surface area contributed by atoms with Gasteiger partial charge in [-0.1, -0.05) is 0 Å². The van der Waals surface area contributed by atoms with E-state index >= 15 is 0 Å². The molecule has 3 rings (SSSR count). The van der Waals surface area contributed by atoms with Crippen LogP contribution in [0.5, 0.6) is 5.88 Å². The molecule has 0 amide bonds. The van der Waals surface area contributed by atoms with Crippen molar-refractivity contribution in [3.8, 4) is 5.88 Å². The summed E-state index contributed by atoms with van der Waals surface area (Å²) in [5.74, 6) is -0.610. The van der Waals surface area contributed by atoms with Crippen molar-refractivity contribution in [1.29, 1.82) is 0 Å². The Morgan fingerprint density at radius 3 is 2.67 bits per heavy atom. The molecule has 0 saturated carbocycles. The van der Waals surface area contributed by atoms with Crippen LogP contribution in [0.25, 0.3) is 0 Å². The van der Waals surface area contributed by atoms with Gasteiger partial charge in [0.05, 0.1) is 22.9 Å². The van der Waals surface area contributed by atoms with Gasteiger partial charge in [-0.25, -0.2) is 13.1 Å².